The van der Waals surface area contributed by atoms with E-state index >= 15 is 0 Å². The lowest BCUT2D eigenvalue weighted by molar-refractivity contribution is 0.557. The summed E-state index contributed by atoms with van der Waals surface area (Å²) in [5, 5.41) is 0. The van der Waals surface area contributed by atoms with Crippen LogP contribution < -0.4 is 0 Å². The third kappa shape index (κ3) is 2.42. The van der Waals surface area contributed by atoms with Crippen LogP contribution in [0.15, 0.2) is 94.8 Å². The Morgan fingerprint density at radius 1 is 0.667 bits per heavy atom. The molecular formula is C18H16O4S2. The van der Waals surface area contributed by atoms with Gasteiger partial charge in [0.25, 0.3) is 0 Å². The molecule has 0 unspecified atom stereocenters. The van der Waals surface area contributed by atoms with E-state index < -0.39 is 23.8 Å². The second-order valence-electron chi connectivity index (χ2n) is 5.44. The molecule has 0 heterocycles. The lowest BCUT2D eigenvalue weighted by atomic mass is 10.2. The summed E-state index contributed by atoms with van der Waals surface area (Å²) in [4.78, 5) is -0.0195. The van der Waals surface area contributed by atoms with Crippen LogP contribution in [0, 0.1) is 0 Å². The summed E-state index contributed by atoms with van der Waals surface area (Å²) in [6, 6.07) is 15.4. The Balaban J connectivity index is 2.29. The Labute approximate surface area is 142 Å². The minimum Gasteiger partial charge on any atom is -0.222 e. The number of rotatable bonds is 4. The number of benzene rings is 2. The number of sulfone groups is 2. The molecule has 24 heavy (non-hydrogen) atoms. The van der Waals surface area contributed by atoms with E-state index in [1.165, 1.54) is 36.4 Å². The normalized spacial score (nSPS) is 16.8. The first kappa shape index (κ1) is 16.7. The molecule has 2 aromatic carbocycles. The average Bonchev–Trinajstić information content (AvgIpc) is 2.63. The van der Waals surface area contributed by atoms with Gasteiger partial charge in [-0.3, -0.25) is 0 Å². The van der Waals surface area contributed by atoms with E-state index in [-0.39, 0.29) is 16.2 Å². The first-order chi connectivity index (χ1) is 11.4. The third-order valence-corrected chi connectivity index (χ3v) is 9.54. The van der Waals surface area contributed by atoms with Crippen LogP contribution in [0.3, 0.4) is 0 Å². The molecule has 0 saturated heterocycles. The highest BCUT2D eigenvalue weighted by molar-refractivity contribution is 8.10. The highest BCUT2D eigenvalue weighted by atomic mass is 32.3. The van der Waals surface area contributed by atoms with Gasteiger partial charge in [-0.15, -0.1) is 0 Å². The number of hydrogen-bond acceptors (Lipinski definition) is 4. The van der Waals surface area contributed by atoms with Crippen molar-refractivity contribution in [2.45, 2.75) is 20.3 Å². The summed E-state index contributed by atoms with van der Waals surface area (Å²) in [6.45, 7) is 0. The number of hydrogen-bond donors (Lipinski definition) is 0. The van der Waals surface area contributed by atoms with Gasteiger partial charge in [-0.25, -0.2) is 16.8 Å². The molecule has 0 N–H and O–H groups in total. The molecule has 0 spiro atoms. The fourth-order valence-corrected chi connectivity index (χ4v) is 7.43. The van der Waals surface area contributed by atoms with Gasteiger partial charge in [-0.1, -0.05) is 54.6 Å². The van der Waals surface area contributed by atoms with Gasteiger partial charge >= 0.3 is 0 Å². The molecule has 1 aliphatic carbocycles. The van der Waals surface area contributed by atoms with Crippen LogP contribution in [-0.4, -0.2) is 20.9 Å². The van der Waals surface area contributed by atoms with Crippen molar-refractivity contribution in [3.63, 3.8) is 0 Å². The van der Waals surface area contributed by atoms with E-state index in [0.29, 0.717) is 0 Å². The van der Waals surface area contributed by atoms with E-state index in [2.05, 4.69) is 0 Å². The predicted octanol–water partition coefficient (Wildman–Crippen LogP) is 3.15. The van der Waals surface area contributed by atoms with Crippen LogP contribution in [-0.2, 0) is 19.7 Å². The van der Waals surface area contributed by atoms with Gasteiger partial charge in [0.2, 0.25) is 23.8 Å². The molecule has 0 radical (unpaired) electrons. The smallest absolute Gasteiger partial charge is 0.203 e. The van der Waals surface area contributed by atoms with Gasteiger partial charge in [0.15, 0.2) is 0 Å². The molecule has 0 aromatic heterocycles. The van der Waals surface area contributed by atoms with Crippen molar-refractivity contribution in [3.8, 4) is 0 Å². The molecule has 3 rings (SSSR count). The molecule has 0 aliphatic heterocycles. The largest absolute Gasteiger partial charge is 0.222 e. The summed E-state index contributed by atoms with van der Waals surface area (Å²) in [7, 11) is -8.31. The molecule has 6 heteroatoms. The summed E-state index contributed by atoms with van der Waals surface area (Å²) < 4.78 is 51.0. The quantitative estimate of drug-likeness (QED) is 0.840. The van der Waals surface area contributed by atoms with Crippen molar-refractivity contribution in [1.29, 1.82) is 0 Å². The molecule has 0 fully saturated rings. The first-order valence-corrected chi connectivity index (χ1v) is 10.3. The van der Waals surface area contributed by atoms with E-state index in [9.17, 15) is 16.8 Å². The van der Waals surface area contributed by atoms with Crippen molar-refractivity contribution in [3.05, 3.63) is 85.0 Å². The van der Waals surface area contributed by atoms with E-state index in [1.807, 2.05) is 0 Å². The van der Waals surface area contributed by atoms with Crippen LogP contribution in [0.4, 0.5) is 0 Å². The van der Waals surface area contributed by atoms with Crippen LogP contribution in [0.1, 0.15) is 6.42 Å². The van der Waals surface area contributed by atoms with Gasteiger partial charge < -0.3 is 0 Å². The average molecular weight is 360 g/mol. The van der Waals surface area contributed by atoms with Gasteiger partial charge in [-0.2, -0.15) is 0 Å². The Hall–Kier alpha value is -2.18. The number of allylic oxidation sites excluding steroid dienone is 3. The molecule has 0 bridgehead atoms. The minimum atomic E-state index is -4.16. The molecule has 0 amide bonds. The zero-order chi connectivity index (χ0) is 17.3. The minimum absolute atomic E-state index is 0.00976. The maximum Gasteiger partial charge on any atom is 0.203 e. The Morgan fingerprint density at radius 2 is 1.12 bits per heavy atom. The Bertz CT molecular complexity index is 918. The van der Waals surface area contributed by atoms with Crippen molar-refractivity contribution in [2.75, 3.05) is 0 Å². The maximum absolute atomic E-state index is 13.3. The second-order valence-corrected chi connectivity index (χ2v) is 10.1. The van der Waals surface area contributed by atoms with Crippen LogP contribution >= 0.6 is 0 Å². The van der Waals surface area contributed by atoms with Crippen LogP contribution in [0.25, 0.3) is 0 Å². The molecule has 124 valence electrons. The molecular weight excluding hydrogens is 344 g/mol. The highest BCUT2D eigenvalue weighted by Crippen LogP contribution is 2.41. The fraction of sp³-hybridized carbons (Fsp3) is 0.111. The summed E-state index contributed by atoms with van der Waals surface area (Å²) in [5.74, 6) is 0. The van der Waals surface area contributed by atoms with Crippen molar-refractivity contribution >= 4 is 19.7 Å². The Morgan fingerprint density at radius 3 is 1.50 bits per heavy atom. The second kappa shape index (κ2) is 6.03. The van der Waals surface area contributed by atoms with Gasteiger partial charge in [-0.05, 0) is 30.3 Å². The van der Waals surface area contributed by atoms with Crippen molar-refractivity contribution < 1.29 is 16.8 Å². The van der Waals surface area contributed by atoms with Gasteiger partial charge in [0.05, 0.1) is 9.79 Å². The van der Waals surface area contributed by atoms with Gasteiger partial charge in [0.1, 0.15) is 0 Å². The summed E-state index contributed by atoms with van der Waals surface area (Å²) >= 11 is 0. The zero-order valence-electron chi connectivity index (χ0n) is 12.7. The topological polar surface area (TPSA) is 68.3 Å². The van der Waals surface area contributed by atoms with E-state index in [0.717, 1.165) is 0 Å². The highest BCUT2D eigenvalue weighted by Gasteiger charge is 2.54. The molecule has 0 saturated carbocycles. The lowest BCUT2D eigenvalue weighted by Crippen LogP contribution is -2.45. The zero-order valence-corrected chi connectivity index (χ0v) is 14.4. The van der Waals surface area contributed by atoms with Crippen LogP contribution in [0.2, 0.25) is 0 Å². The molecule has 1 aliphatic rings. The van der Waals surface area contributed by atoms with E-state index in [1.54, 1.807) is 48.6 Å². The van der Waals surface area contributed by atoms with Crippen molar-refractivity contribution in [2.24, 2.45) is 0 Å². The predicted molar refractivity (Wildman–Crippen MR) is 92.9 cm³/mol. The monoisotopic (exact) mass is 360 g/mol. The fourth-order valence-electron chi connectivity index (χ4n) is 2.72. The molecule has 2 aromatic rings. The summed E-state index contributed by atoms with van der Waals surface area (Å²) in [5.41, 5.74) is 0. The molecule has 4 nitrogen and oxygen atoms in total. The SMILES string of the molecule is O=S(=O)(c1ccccc1)C1(S(=O)(=O)c2ccccc2)C=CC=CC1. The third-order valence-electron chi connectivity index (χ3n) is 4.02. The first-order valence-electron chi connectivity index (χ1n) is 7.36. The van der Waals surface area contributed by atoms with Gasteiger partial charge in [0, 0.05) is 6.42 Å². The summed E-state index contributed by atoms with van der Waals surface area (Å²) in [6.07, 6.45) is 5.85. The maximum atomic E-state index is 13.3. The van der Waals surface area contributed by atoms with E-state index in [4.69, 9.17) is 0 Å². The van der Waals surface area contributed by atoms with Crippen molar-refractivity contribution in [1.82, 2.24) is 0 Å². The Kier molecular flexibility index (Phi) is 4.19. The molecule has 0 atom stereocenters. The standard InChI is InChI=1S/C18H16O4S2/c19-23(20,16-10-4-1-5-11-16)18(14-8-3-9-15-18)24(21,22)17-12-6-2-7-13-17/h1-14H,15H2. The lowest BCUT2D eigenvalue weighted by Gasteiger charge is -2.30. The van der Waals surface area contributed by atoms with Crippen LogP contribution in [0.5, 0.6) is 0 Å².